The van der Waals surface area contributed by atoms with E-state index in [9.17, 15) is 9.90 Å². The molecule has 0 bridgehead atoms. The van der Waals surface area contributed by atoms with Gasteiger partial charge in [-0.05, 0) is 24.6 Å². The molecule has 0 heterocycles. The number of phenols is 1. The zero-order chi connectivity index (χ0) is 9.30. The minimum absolute atomic E-state index is 0. The van der Waals surface area contributed by atoms with Crippen LogP contribution in [0.5, 0.6) is 5.75 Å². The van der Waals surface area contributed by atoms with Gasteiger partial charge in [0.2, 0.25) is 0 Å². The van der Waals surface area contributed by atoms with Crippen molar-refractivity contribution in [3.8, 4) is 5.75 Å². The Kier molecular flexibility index (Phi) is 4.78. The van der Waals surface area contributed by atoms with Crippen LogP contribution in [0.4, 0.5) is 0 Å². The van der Waals surface area contributed by atoms with E-state index in [-0.39, 0.29) is 40.9 Å². The summed E-state index contributed by atoms with van der Waals surface area (Å²) in [6.45, 7) is 1.51. The van der Waals surface area contributed by atoms with Gasteiger partial charge in [-0.3, -0.25) is 0 Å². The quantitative estimate of drug-likeness (QED) is 0.529. The minimum Gasteiger partial charge on any atom is -0.545 e. The fraction of sp³-hybridized carbons (Fsp3) is 0.125. The first kappa shape index (κ1) is 12.8. The predicted molar refractivity (Wildman–Crippen MR) is 42.2 cm³/mol. The van der Waals surface area contributed by atoms with E-state index in [0.29, 0.717) is 10.6 Å². The molecule has 64 valence electrons. The summed E-state index contributed by atoms with van der Waals surface area (Å²) in [7, 11) is 0. The minimum atomic E-state index is -1.42. The van der Waals surface area contributed by atoms with Crippen molar-refractivity contribution in [2.75, 3.05) is 0 Å². The Morgan fingerprint density at radius 1 is 1.54 bits per heavy atom. The summed E-state index contributed by atoms with van der Waals surface area (Å²) in [4.78, 5) is 10.5. The van der Waals surface area contributed by atoms with Gasteiger partial charge in [-0.25, -0.2) is 0 Å². The molecular weight excluding hydrogens is 203 g/mol. The van der Waals surface area contributed by atoms with Crippen LogP contribution in [-0.4, -0.2) is 11.1 Å². The summed E-state index contributed by atoms with van der Waals surface area (Å²) in [5, 5.41) is 19.9. The van der Waals surface area contributed by atoms with Crippen molar-refractivity contribution in [1.29, 1.82) is 0 Å². The molecule has 0 saturated carbocycles. The Morgan fingerprint density at radius 2 is 2.08 bits per heavy atom. The van der Waals surface area contributed by atoms with Gasteiger partial charge in [0.25, 0.3) is 0 Å². The molecule has 0 fully saturated rings. The summed E-state index contributed by atoms with van der Waals surface area (Å²) in [6, 6.07) is 2.65. The van der Waals surface area contributed by atoms with Gasteiger partial charge in [0.1, 0.15) is 5.75 Å². The van der Waals surface area contributed by atoms with E-state index in [0.717, 1.165) is 0 Å². The first-order valence-electron chi connectivity index (χ1n) is 3.23. The SMILES string of the molecule is Cc1c(Cl)ccc(O)c1C(=O)[O-].[Na+]. The van der Waals surface area contributed by atoms with Crippen molar-refractivity contribution in [3.63, 3.8) is 0 Å². The van der Waals surface area contributed by atoms with Crippen molar-refractivity contribution >= 4 is 17.6 Å². The molecule has 5 heteroatoms. The van der Waals surface area contributed by atoms with Crippen LogP contribution >= 0.6 is 11.6 Å². The van der Waals surface area contributed by atoms with Crippen LogP contribution in [0, 0.1) is 6.92 Å². The van der Waals surface area contributed by atoms with Crippen LogP contribution in [-0.2, 0) is 0 Å². The van der Waals surface area contributed by atoms with Gasteiger partial charge in [0.15, 0.2) is 0 Å². The van der Waals surface area contributed by atoms with Gasteiger partial charge in [-0.15, -0.1) is 0 Å². The molecule has 0 radical (unpaired) electrons. The zero-order valence-corrected chi connectivity index (χ0v) is 10.1. The van der Waals surface area contributed by atoms with Crippen molar-refractivity contribution in [1.82, 2.24) is 0 Å². The van der Waals surface area contributed by atoms with E-state index >= 15 is 0 Å². The van der Waals surface area contributed by atoms with Crippen molar-refractivity contribution in [2.24, 2.45) is 0 Å². The number of rotatable bonds is 1. The summed E-state index contributed by atoms with van der Waals surface area (Å²) in [5.41, 5.74) is 0.0687. The zero-order valence-electron chi connectivity index (χ0n) is 7.30. The first-order chi connectivity index (χ1) is 5.54. The van der Waals surface area contributed by atoms with E-state index in [2.05, 4.69) is 0 Å². The number of carboxylic acid groups (broad SMARTS) is 1. The molecule has 0 aromatic heterocycles. The number of carboxylic acids is 1. The van der Waals surface area contributed by atoms with E-state index in [1.165, 1.54) is 19.1 Å². The molecule has 0 aliphatic rings. The van der Waals surface area contributed by atoms with Crippen LogP contribution in [0.2, 0.25) is 5.02 Å². The molecular formula is C8H6ClNaO3. The molecule has 0 unspecified atom stereocenters. The summed E-state index contributed by atoms with van der Waals surface area (Å²) in [6.07, 6.45) is 0. The van der Waals surface area contributed by atoms with Crippen molar-refractivity contribution in [3.05, 3.63) is 28.3 Å². The van der Waals surface area contributed by atoms with Crippen LogP contribution in [0.15, 0.2) is 12.1 Å². The Bertz CT molecular complexity index is 338. The number of aromatic carboxylic acids is 1. The average molecular weight is 209 g/mol. The Morgan fingerprint density at radius 3 is 2.46 bits per heavy atom. The molecule has 1 rings (SSSR count). The van der Waals surface area contributed by atoms with Gasteiger partial charge in [0.05, 0.1) is 5.97 Å². The molecule has 0 aliphatic heterocycles. The molecule has 1 aromatic rings. The number of carbonyl (C=O) groups is 1. The molecule has 1 N–H and O–H groups in total. The smallest absolute Gasteiger partial charge is 0.545 e. The van der Waals surface area contributed by atoms with Gasteiger partial charge in [-0.2, -0.15) is 0 Å². The van der Waals surface area contributed by atoms with E-state index < -0.39 is 5.97 Å². The number of halogens is 1. The van der Waals surface area contributed by atoms with Crippen LogP contribution in [0.25, 0.3) is 0 Å². The molecule has 1 aromatic carbocycles. The summed E-state index contributed by atoms with van der Waals surface area (Å²) >= 11 is 5.63. The molecule has 0 spiro atoms. The van der Waals surface area contributed by atoms with Gasteiger partial charge < -0.3 is 15.0 Å². The van der Waals surface area contributed by atoms with Crippen molar-refractivity contribution in [2.45, 2.75) is 6.92 Å². The molecule has 0 amide bonds. The van der Waals surface area contributed by atoms with E-state index in [1.807, 2.05) is 0 Å². The second kappa shape index (κ2) is 4.86. The third kappa shape index (κ3) is 2.61. The number of aromatic hydroxyl groups is 1. The predicted octanol–water partition coefficient (Wildman–Crippen LogP) is -2.28. The van der Waals surface area contributed by atoms with Gasteiger partial charge in [-0.1, -0.05) is 11.6 Å². The fourth-order valence-electron chi connectivity index (χ4n) is 0.930. The maximum Gasteiger partial charge on any atom is 1.00 e. The summed E-state index contributed by atoms with van der Waals surface area (Å²) < 4.78 is 0. The monoisotopic (exact) mass is 208 g/mol. The fourth-order valence-corrected chi connectivity index (χ4v) is 1.09. The third-order valence-corrected chi connectivity index (χ3v) is 1.99. The topological polar surface area (TPSA) is 60.4 Å². The van der Waals surface area contributed by atoms with E-state index in [1.54, 1.807) is 0 Å². The van der Waals surface area contributed by atoms with Gasteiger partial charge in [0, 0.05) is 10.6 Å². The largest absolute Gasteiger partial charge is 1.00 e. The number of hydrogen-bond acceptors (Lipinski definition) is 3. The Hall–Kier alpha value is -0.220. The number of benzene rings is 1. The van der Waals surface area contributed by atoms with Crippen molar-refractivity contribution < 1.29 is 44.6 Å². The second-order valence-electron chi connectivity index (χ2n) is 2.35. The number of carbonyl (C=O) groups excluding carboxylic acids is 1. The Labute approximate surface area is 103 Å². The first-order valence-corrected chi connectivity index (χ1v) is 3.61. The van der Waals surface area contributed by atoms with Crippen LogP contribution in [0.1, 0.15) is 15.9 Å². The van der Waals surface area contributed by atoms with Crippen LogP contribution < -0.4 is 34.7 Å². The summed E-state index contributed by atoms with van der Waals surface area (Å²) in [5.74, 6) is -1.75. The average Bonchev–Trinajstić information content (AvgIpc) is 1.97. The second-order valence-corrected chi connectivity index (χ2v) is 2.76. The standard InChI is InChI=1S/C8H7ClO3.Na/c1-4-5(9)2-3-6(10)7(4)8(11)12;/h2-3,10H,1H3,(H,11,12);/q;+1/p-1. The third-order valence-electron chi connectivity index (χ3n) is 1.58. The molecule has 0 aliphatic carbocycles. The molecule has 3 nitrogen and oxygen atoms in total. The van der Waals surface area contributed by atoms with E-state index in [4.69, 9.17) is 16.7 Å². The normalized spacial score (nSPS) is 9.08. The molecule has 0 atom stereocenters. The number of hydrogen-bond donors (Lipinski definition) is 1. The Balaban J connectivity index is 0.00000144. The van der Waals surface area contributed by atoms with Gasteiger partial charge >= 0.3 is 29.6 Å². The van der Waals surface area contributed by atoms with Crippen LogP contribution in [0.3, 0.4) is 0 Å². The molecule has 0 saturated heterocycles. The molecule has 13 heavy (non-hydrogen) atoms. The maximum atomic E-state index is 10.5. The maximum absolute atomic E-state index is 10.5.